The summed E-state index contributed by atoms with van der Waals surface area (Å²) >= 11 is 3.62. The van der Waals surface area contributed by atoms with Crippen LogP contribution in [0.15, 0.2) is 46.9 Å². The molecule has 5 nitrogen and oxygen atoms in total. The topological polar surface area (TPSA) is 53.9 Å². The maximum atomic E-state index is 13.2. The van der Waals surface area contributed by atoms with Crippen LogP contribution in [0.1, 0.15) is 24.0 Å². The van der Waals surface area contributed by atoms with Gasteiger partial charge in [-0.15, -0.1) is 0 Å². The van der Waals surface area contributed by atoms with E-state index in [2.05, 4.69) is 43.5 Å². The Kier molecular flexibility index (Phi) is 4.23. The molecule has 0 aliphatic carbocycles. The van der Waals surface area contributed by atoms with Gasteiger partial charge < -0.3 is 14.5 Å². The van der Waals surface area contributed by atoms with E-state index < -0.39 is 0 Å². The number of aromatic amines is 1. The monoisotopic (exact) mass is 436 g/mol. The van der Waals surface area contributed by atoms with Crippen LogP contribution in [0.25, 0.3) is 21.9 Å². The number of nitrogens with zero attached hydrogens (tertiary/aromatic N) is 3. The lowest BCUT2D eigenvalue weighted by molar-refractivity contribution is -0.132. The van der Waals surface area contributed by atoms with Gasteiger partial charge in [-0.25, -0.2) is 4.98 Å². The summed E-state index contributed by atoms with van der Waals surface area (Å²) in [5.41, 5.74) is 5.59. The fraction of sp³-hybridized carbons (Fsp3) is 0.273. The molecule has 142 valence electrons. The number of amides is 1. The number of para-hydroxylation sites is 3. The lowest BCUT2D eigenvalue weighted by atomic mass is 10.0. The van der Waals surface area contributed by atoms with Gasteiger partial charge in [0.05, 0.1) is 16.6 Å². The van der Waals surface area contributed by atoms with Crippen LogP contribution in [-0.4, -0.2) is 31.9 Å². The molecule has 0 unspecified atom stereocenters. The van der Waals surface area contributed by atoms with Gasteiger partial charge >= 0.3 is 0 Å². The third kappa shape index (κ3) is 2.75. The second-order valence-electron chi connectivity index (χ2n) is 7.27. The number of nitrogens with one attached hydrogen (secondary N) is 1. The molecule has 2 aromatic carbocycles. The molecule has 0 saturated carbocycles. The number of hydrogen-bond acceptors (Lipinski definition) is 2. The molecule has 1 amide bonds. The summed E-state index contributed by atoms with van der Waals surface area (Å²) in [4.78, 5) is 23.4. The molecule has 2 aromatic heterocycles. The summed E-state index contributed by atoms with van der Waals surface area (Å²) in [6.45, 7) is 3.81. The summed E-state index contributed by atoms with van der Waals surface area (Å²) < 4.78 is 3.13. The van der Waals surface area contributed by atoms with Gasteiger partial charge in [0.2, 0.25) is 5.91 Å². The zero-order chi connectivity index (χ0) is 19.3. The van der Waals surface area contributed by atoms with E-state index in [4.69, 9.17) is 0 Å². The van der Waals surface area contributed by atoms with Crippen molar-refractivity contribution in [1.82, 2.24) is 19.4 Å². The highest BCUT2D eigenvalue weighted by molar-refractivity contribution is 9.10. The molecule has 0 fully saturated rings. The van der Waals surface area contributed by atoms with Gasteiger partial charge in [-0.05, 0) is 34.1 Å². The van der Waals surface area contributed by atoms with Crippen LogP contribution in [0.2, 0.25) is 0 Å². The maximum Gasteiger partial charge on any atom is 0.242 e. The number of hydrogen-bond donors (Lipinski definition) is 1. The molecule has 0 saturated heterocycles. The van der Waals surface area contributed by atoms with Gasteiger partial charge in [0.1, 0.15) is 12.4 Å². The molecular formula is C22H21BrN4O. The smallest absolute Gasteiger partial charge is 0.242 e. The van der Waals surface area contributed by atoms with Crippen LogP contribution in [-0.2, 0) is 30.7 Å². The quantitative estimate of drug-likeness (QED) is 0.516. The lowest BCUT2D eigenvalue weighted by Crippen LogP contribution is -2.38. The van der Waals surface area contributed by atoms with E-state index >= 15 is 0 Å². The van der Waals surface area contributed by atoms with Crippen molar-refractivity contribution in [1.29, 1.82) is 0 Å². The van der Waals surface area contributed by atoms with Gasteiger partial charge in [-0.3, -0.25) is 4.79 Å². The van der Waals surface area contributed by atoms with Crippen LogP contribution in [0.4, 0.5) is 0 Å². The van der Waals surface area contributed by atoms with Crippen LogP contribution < -0.4 is 0 Å². The van der Waals surface area contributed by atoms with Crippen molar-refractivity contribution < 1.29 is 4.79 Å². The maximum absolute atomic E-state index is 13.2. The molecule has 1 aliphatic heterocycles. The zero-order valence-electron chi connectivity index (χ0n) is 15.7. The Morgan fingerprint density at radius 1 is 1.21 bits per heavy atom. The Labute approximate surface area is 171 Å². The van der Waals surface area contributed by atoms with Crippen LogP contribution in [0.5, 0.6) is 0 Å². The van der Waals surface area contributed by atoms with Crippen molar-refractivity contribution in [3.8, 4) is 0 Å². The van der Waals surface area contributed by atoms with Crippen molar-refractivity contribution in [2.24, 2.45) is 0 Å². The fourth-order valence-corrected chi connectivity index (χ4v) is 4.69. The molecule has 0 spiro atoms. The molecule has 1 aliphatic rings. The molecule has 0 radical (unpaired) electrons. The molecule has 4 aromatic rings. The Morgan fingerprint density at radius 2 is 2.07 bits per heavy atom. The molecule has 6 heteroatoms. The van der Waals surface area contributed by atoms with Crippen molar-refractivity contribution >= 4 is 43.8 Å². The second kappa shape index (κ2) is 6.78. The predicted octanol–water partition coefficient (Wildman–Crippen LogP) is 4.43. The molecular weight excluding hydrogens is 416 g/mol. The van der Waals surface area contributed by atoms with E-state index in [0.29, 0.717) is 13.1 Å². The predicted molar refractivity (Wildman–Crippen MR) is 114 cm³/mol. The third-order valence-corrected chi connectivity index (χ3v) is 6.32. The minimum atomic E-state index is 0.146. The Balaban J connectivity index is 1.45. The summed E-state index contributed by atoms with van der Waals surface area (Å²) in [6.07, 6.45) is 1.66. The zero-order valence-corrected chi connectivity index (χ0v) is 17.3. The highest BCUT2D eigenvalue weighted by Gasteiger charge is 2.25. The van der Waals surface area contributed by atoms with E-state index in [9.17, 15) is 4.79 Å². The highest BCUT2D eigenvalue weighted by Crippen LogP contribution is 2.32. The van der Waals surface area contributed by atoms with Gasteiger partial charge in [0.15, 0.2) is 0 Å². The first-order valence-corrected chi connectivity index (χ1v) is 10.4. The summed E-state index contributed by atoms with van der Waals surface area (Å²) in [7, 11) is 0. The minimum Gasteiger partial charge on any atom is -0.357 e. The third-order valence-electron chi connectivity index (χ3n) is 5.66. The van der Waals surface area contributed by atoms with E-state index in [-0.39, 0.29) is 5.91 Å². The van der Waals surface area contributed by atoms with Gasteiger partial charge in [-0.1, -0.05) is 31.2 Å². The number of halogens is 1. The lowest BCUT2D eigenvalue weighted by Gasteiger charge is -2.27. The molecule has 5 rings (SSSR count). The Bertz CT molecular complexity index is 1210. The number of carbonyl (C=O) groups excluding carboxylic acids is 1. The van der Waals surface area contributed by atoms with E-state index in [1.54, 1.807) is 0 Å². The number of rotatable bonds is 3. The number of aryl methyl sites for hydroxylation is 1. The SMILES string of the molecule is CCc1nc2ccccc2n1CC(=O)N1CCc2[nH]c3c(Br)cccc3c2C1. The fourth-order valence-electron chi connectivity index (χ4n) is 4.22. The van der Waals surface area contributed by atoms with E-state index in [1.165, 1.54) is 16.6 Å². The van der Waals surface area contributed by atoms with Gasteiger partial charge in [0.25, 0.3) is 0 Å². The van der Waals surface area contributed by atoms with Crippen LogP contribution in [0.3, 0.4) is 0 Å². The molecule has 1 N–H and O–H groups in total. The number of imidazole rings is 1. The van der Waals surface area contributed by atoms with Gasteiger partial charge in [0, 0.05) is 47.0 Å². The van der Waals surface area contributed by atoms with Crippen molar-refractivity contribution in [2.75, 3.05) is 6.54 Å². The highest BCUT2D eigenvalue weighted by atomic mass is 79.9. The molecule has 0 atom stereocenters. The van der Waals surface area contributed by atoms with Crippen LogP contribution >= 0.6 is 15.9 Å². The number of carbonyl (C=O) groups is 1. The number of fused-ring (bicyclic) bond motifs is 4. The van der Waals surface area contributed by atoms with E-state index in [1.807, 2.05) is 41.3 Å². The normalized spacial score (nSPS) is 14.0. The first kappa shape index (κ1) is 17.5. The van der Waals surface area contributed by atoms with E-state index in [0.717, 1.165) is 46.2 Å². The van der Waals surface area contributed by atoms with Crippen LogP contribution in [0, 0.1) is 0 Å². The average molecular weight is 437 g/mol. The van der Waals surface area contributed by atoms with Crippen molar-refractivity contribution in [3.05, 3.63) is 64.0 Å². The molecule has 3 heterocycles. The van der Waals surface area contributed by atoms with Crippen molar-refractivity contribution in [2.45, 2.75) is 32.9 Å². The minimum absolute atomic E-state index is 0.146. The van der Waals surface area contributed by atoms with Gasteiger partial charge in [-0.2, -0.15) is 0 Å². The second-order valence-corrected chi connectivity index (χ2v) is 8.12. The first-order valence-electron chi connectivity index (χ1n) is 9.65. The summed E-state index contributed by atoms with van der Waals surface area (Å²) in [5, 5.41) is 1.20. The number of H-pyrrole nitrogens is 1. The Morgan fingerprint density at radius 3 is 2.93 bits per heavy atom. The molecule has 0 bridgehead atoms. The number of benzene rings is 2. The van der Waals surface area contributed by atoms with Crippen molar-refractivity contribution in [3.63, 3.8) is 0 Å². The Hall–Kier alpha value is -2.60. The largest absolute Gasteiger partial charge is 0.357 e. The summed E-state index contributed by atoms with van der Waals surface area (Å²) in [6, 6.07) is 14.3. The first-order chi connectivity index (χ1) is 13.7. The summed E-state index contributed by atoms with van der Waals surface area (Å²) in [5.74, 6) is 1.11. The average Bonchev–Trinajstić information content (AvgIpc) is 3.27. The number of aromatic nitrogens is 3. The molecule has 28 heavy (non-hydrogen) atoms. The standard InChI is InChI=1S/C22H21BrN4O/c1-2-20-24-18-8-3-4-9-19(18)27(20)13-21(28)26-11-10-17-15(12-26)14-6-5-7-16(23)22(14)25-17/h3-9,25H,2,10-13H2,1H3.